The maximum atomic E-state index is 13.2. The Balaban J connectivity index is 0.00000400. The molecule has 0 saturated heterocycles. The van der Waals surface area contributed by atoms with Gasteiger partial charge in [0, 0.05) is 5.92 Å². The van der Waals surface area contributed by atoms with Gasteiger partial charge >= 0.3 is 5.97 Å². The van der Waals surface area contributed by atoms with Gasteiger partial charge in [0.25, 0.3) is 0 Å². The number of benzene rings is 1. The first-order chi connectivity index (χ1) is 9.23. The molecule has 21 heavy (non-hydrogen) atoms. The molecule has 120 valence electrons. The van der Waals surface area contributed by atoms with Gasteiger partial charge < -0.3 is 10.5 Å². The van der Waals surface area contributed by atoms with Crippen molar-refractivity contribution in [1.82, 2.24) is 0 Å². The number of esters is 1. The first-order valence-electron chi connectivity index (χ1n) is 6.96. The molecule has 0 bridgehead atoms. The van der Waals surface area contributed by atoms with Crippen LogP contribution in [0.15, 0.2) is 18.2 Å². The van der Waals surface area contributed by atoms with Gasteiger partial charge in [-0.05, 0) is 49.9 Å². The standard InChI is InChI=1S/C16H24FNO2.ClH/c1-9(2)15(12(5)20-16(19)11(4)18)14-7-6-13(17)8-10(14)3;/h6-9,11-12,15H,18H2,1-5H3;1H/t11-,12-,15+;/m0./s1. The van der Waals surface area contributed by atoms with E-state index in [-0.39, 0.29) is 36.2 Å². The summed E-state index contributed by atoms with van der Waals surface area (Å²) in [6.45, 7) is 9.44. The highest BCUT2D eigenvalue weighted by Gasteiger charge is 2.28. The van der Waals surface area contributed by atoms with Crippen LogP contribution >= 0.6 is 12.4 Å². The lowest BCUT2D eigenvalue weighted by Gasteiger charge is -2.29. The summed E-state index contributed by atoms with van der Waals surface area (Å²) in [6, 6.07) is 4.08. The molecule has 1 rings (SSSR count). The summed E-state index contributed by atoms with van der Waals surface area (Å²) in [7, 11) is 0. The van der Waals surface area contributed by atoms with Gasteiger partial charge in [0.1, 0.15) is 18.0 Å². The second-order valence-electron chi connectivity index (χ2n) is 5.70. The first kappa shape index (κ1) is 19.9. The lowest BCUT2D eigenvalue weighted by Crippen LogP contribution is -2.34. The van der Waals surface area contributed by atoms with Crippen molar-refractivity contribution in [3.63, 3.8) is 0 Å². The van der Waals surface area contributed by atoms with E-state index < -0.39 is 12.0 Å². The Morgan fingerprint density at radius 1 is 1.24 bits per heavy atom. The molecule has 0 unspecified atom stereocenters. The molecule has 0 aliphatic heterocycles. The van der Waals surface area contributed by atoms with Gasteiger partial charge in [-0.3, -0.25) is 4.79 Å². The van der Waals surface area contributed by atoms with Crippen molar-refractivity contribution in [3.05, 3.63) is 35.1 Å². The van der Waals surface area contributed by atoms with Crippen molar-refractivity contribution >= 4 is 18.4 Å². The third-order valence-electron chi connectivity index (χ3n) is 3.49. The fraction of sp³-hybridized carbons (Fsp3) is 0.562. The number of nitrogens with two attached hydrogens (primary N) is 1. The Morgan fingerprint density at radius 2 is 1.81 bits per heavy atom. The number of hydrogen-bond donors (Lipinski definition) is 1. The topological polar surface area (TPSA) is 52.3 Å². The molecule has 2 N–H and O–H groups in total. The Bertz CT molecular complexity index is 477. The molecular formula is C16H25ClFNO2. The highest BCUT2D eigenvalue weighted by atomic mass is 35.5. The van der Waals surface area contributed by atoms with Crippen molar-refractivity contribution in [2.45, 2.75) is 52.7 Å². The summed E-state index contributed by atoms with van der Waals surface area (Å²) in [4.78, 5) is 11.6. The van der Waals surface area contributed by atoms with E-state index in [1.54, 1.807) is 13.0 Å². The third-order valence-corrected chi connectivity index (χ3v) is 3.49. The predicted molar refractivity (Wildman–Crippen MR) is 85.2 cm³/mol. The highest BCUT2D eigenvalue weighted by molar-refractivity contribution is 5.85. The van der Waals surface area contributed by atoms with Crippen LogP contribution in [0.3, 0.4) is 0 Å². The molecule has 1 aromatic carbocycles. The molecule has 0 aliphatic carbocycles. The number of rotatable bonds is 5. The molecule has 0 saturated carbocycles. The second kappa shape index (κ2) is 8.35. The van der Waals surface area contributed by atoms with Crippen LogP contribution in [0.2, 0.25) is 0 Å². The highest BCUT2D eigenvalue weighted by Crippen LogP contribution is 2.32. The van der Waals surface area contributed by atoms with Gasteiger partial charge in [-0.1, -0.05) is 19.9 Å². The smallest absolute Gasteiger partial charge is 0.322 e. The molecule has 0 radical (unpaired) electrons. The second-order valence-corrected chi connectivity index (χ2v) is 5.70. The van der Waals surface area contributed by atoms with E-state index in [0.717, 1.165) is 11.1 Å². The average molecular weight is 318 g/mol. The van der Waals surface area contributed by atoms with Crippen molar-refractivity contribution in [1.29, 1.82) is 0 Å². The van der Waals surface area contributed by atoms with Gasteiger partial charge in [-0.25, -0.2) is 4.39 Å². The lowest BCUT2D eigenvalue weighted by atomic mass is 9.82. The maximum absolute atomic E-state index is 13.2. The Hall–Kier alpha value is -1.13. The van der Waals surface area contributed by atoms with E-state index in [0.29, 0.717) is 0 Å². The van der Waals surface area contributed by atoms with E-state index >= 15 is 0 Å². The van der Waals surface area contributed by atoms with Crippen LogP contribution in [0.1, 0.15) is 44.7 Å². The van der Waals surface area contributed by atoms with Crippen LogP contribution in [-0.2, 0) is 9.53 Å². The largest absolute Gasteiger partial charge is 0.461 e. The molecule has 0 aliphatic rings. The molecule has 0 aromatic heterocycles. The fourth-order valence-corrected chi connectivity index (χ4v) is 2.53. The van der Waals surface area contributed by atoms with Crippen LogP contribution in [-0.4, -0.2) is 18.1 Å². The lowest BCUT2D eigenvalue weighted by molar-refractivity contribution is -0.151. The number of ether oxygens (including phenoxy) is 1. The van der Waals surface area contributed by atoms with E-state index in [9.17, 15) is 9.18 Å². The van der Waals surface area contributed by atoms with Gasteiger partial charge in [-0.2, -0.15) is 0 Å². The Kier molecular flexibility index (Phi) is 7.90. The molecule has 3 atom stereocenters. The molecule has 0 amide bonds. The number of carbonyl (C=O) groups is 1. The van der Waals surface area contributed by atoms with E-state index in [1.807, 2.05) is 13.8 Å². The molecular weight excluding hydrogens is 293 g/mol. The van der Waals surface area contributed by atoms with Crippen molar-refractivity contribution in [2.24, 2.45) is 11.7 Å². The zero-order valence-corrected chi connectivity index (χ0v) is 14.0. The van der Waals surface area contributed by atoms with Crippen molar-refractivity contribution in [2.75, 3.05) is 0 Å². The predicted octanol–water partition coefficient (Wildman–Crippen LogP) is 3.57. The van der Waals surface area contributed by atoms with Gasteiger partial charge in [-0.15, -0.1) is 12.4 Å². The normalized spacial score (nSPS) is 15.0. The summed E-state index contributed by atoms with van der Waals surface area (Å²) in [5.41, 5.74) is 7.40. The van der Waals surface area contributed by atoms with Crippen molar-refractivity contribution < 1.29 is 13.9 Å². The molecule has 5 heteroatoms. The number of hydrogen-bond acceptors (Lipinski definition) is 3. The zero-order valence-electron chi connectivity index (χ0n) is 13.2. The van der Waals surface area contributed by atoms with E-state index in [2.05, 4.69) is 13.8 Å². The molecule has 1 aromatic rings. The maximum Gasteiger partial charge on any atom is 0.322 e. The Morgan fingerprint density at radius 3 is 2.24 bits per heavy atom. The van der Waals surface area contributed by atoms with Crippen LogP contribution < -0.4 is 5.73 Å². The number of halogens is 2. The minimum Gasteiger partial charge on any atom is -0.461 e. The molecule has 0 spiro atoms. The van der Waals surface area contributed by atoms with Crippen LogP contribution in [0, 0.1) is 18.7 Å². The molecule has 0 fully saturated rings. The fourth-order valence-electron chi connectivity index (χ4n) is 2.53. The van der Waals surface area contributed by atoms with Crippen LogP contribution in [0.25, 0.3) is 0 Å². The zero-order chi connectivity index (χ0) is 15.4. The molecule has 0 heterocycles. The first-order valence-corrected chi connectivity index (χ1v) is 6.96. The minimum atomic E-state index is -0.639. The van der Waals surface area contributed by atoms with Gasteiger partial charge in [0.05, 0.1) is 0 Å². The quantitative estimate of drug-likeness (QED) is 0.845. The average Bonchev–Trinajstić information content (AvgIpc) is 2.31. The SMILES string of the molecule is Cc1cc(F)ccc1[C@H](C(C)C)[C@H](C)OC(=O)[C@H](C)N.Cl. The summed E-state index contributed by atoms with van der Waals surface area (Å²) < 4.78 is 18.6. The summed E-state index contributed by atoms with van der Waals surface area (Å²) in [6.07, 6.45) is -0.308. The Labute approximate surface area is 132 Å². The van der Waals surface area contributed by atoms with Gasteiger partial charge in [0.15, 0.2) is 0 Å². The van der Waals surface area contributed by atoms with E-state index in [4.69, 9.17) is 10.5 Å². The third kappa shape index (κ3) is 5.29. The van der Waals surface area contributed by atoms with Gasteiger partial charge in [0.2, 0.25) is 0 Å². The monoisotopic (exact) mass is 317 g/mol. The van der Waals surface area contributed by atoms with E-state index in [1.165, 1.54) is 12.1 Å². The summed E-state index contributed by atoms with van der Waals surface area (Å²) >= 11 is 0. The molecule has 3 nitrogen and oxygen atoms in total. The number of carbonyl (C=O) groups excluding carboxylic acids is 1. The summed E-state index contributed by atoms with van der Waals surface area (Å²) in [5, 5.41) is 0. The summed E-state index contributed by atoms with van der Waals surface area (Å²) in [5.74, 6) is -0.398. The minimum absolute atomic E-state index is 0. The number of aryl methyl sites for hydroxylation is 1. The van der Waals surface area contributed by atoms with Crippen molar-refractivity contribution in [3.8, 4) is 0 Å². The van der Waals surface area contributed by atoms with Crippen LogP contribution in [0.4, 0.5) is 4.39 Å². The van der Waals surface area contributed by atoms with Crippen LogP contribution in [0.5, 0.6) is 0 Å².